The Morgan fingerprint density at radius 3 is 1.55 bits per heavy atom. The van der Waals surface area contributed by atoms with Gasteiger partial charge >= 0.3 is 0 Å². The molecule has 0 aliphatic heterocycles. The Morgan fingerprint density at radius 1 is 0.341 bits per heavy atom. The molecule has 0 saturated heterocycles. The Kier molecular flexibility index (Phi) is 6.51. The minimum atomic E-state index is 1.12. The molecule has 8 rings (SSSR count). The maximum absolute atomic E-state index is 2.38. The van der Waals surface area contributed by atoms with E-state index in [-0.39, 0.29) is 0 Å². The van der Waals surface area contributed by atoms with Gasteiger partial charge in [-0.05, 0) is 82.9 Å². The molecule has 1 heterocycles. The Labute approximate surface area is 257 Å². The lowest BCUT2D eigenvalue weighted by Crippen LogP contribution is -2.09. The third-order valence-electron chi connectivity index (χ3n) is 8.37. The van der Waals surface area contributed by atoms with Crippen LogP contribution in [0.5, 0.6) is 0 Å². The smallest absolute Gasteiger partial charge is 0.0547 e. The van der Waals surface area contributed by atoms with Crippen LogP contribution >= 0.6 is 0 Å². The topological polar surface area (TPSA) is 8.17 Å². The second-order valence-electron chi connectivity index (χ2n) is 11.0. The number of benzene rings is 7. The van der Waals surface area contributed by atoms with E-state index >= 15 is 0 Å². The number of fused-ring (bicyclic) bond motifs is 3. The molecule has 0 atom stereocenters. The highest BCUT2D eigenvalue weighted by molar-refractivity contribution is 6.10. The highest BCUT2D eigenvalue weighted by atomic mass is 15.1. The maximum Gasteiger partial charge on any atom is 0.0547 e. The molecule has 2 heteroatoms. The molecule has 2 nitrogen and oxygen atoms in total. The lowest BCUT2D eigenvalue weighted by atomic mass is 9.93. The normalized spacial score (nSPS) is 11.2. The van der Waals surface area contributed by atoms with Gasteiger partial charge in [-0.3, -0.25) is 0 Å². The molecule has 0 bridgehead atoms. The van der Waals surface area contributed by atoms with Crippen molar-refractivity contribution in [3.05, 3.63) is 182 Å². The van der Waals surface area contributed by atoms with Crippen molar-refractivity contribution < 1.29 is 0 Å². The molecule has 7 aromatic carbocycles. The van der Waals surface area contributed by atoms with Crippen molar-refractivity contribution in [3.8, 4) is 27.9 Å². The lowest BCUT2D eigenvalue weighted by molar-refractivity contribution is 1.18. The number of hydrogen-bond donors (Lipinski definition) is 0. The average Bonchev–Trinajstić information content (AvgIpc) is 3.43. The second kappa shape index (κ2) is 11.1. The fraction of sp³-hybridized carbons (Fsp3) is 0. The maximum atomic E-state index is 2.38. The van der Waals surface area contributed by atoms with Crippen molar-refractivity contribution in [2.24, 2.45) is 0 Å². The Hall–Kier alpha value is -5.86. The van der Waals surface area contributed by atoms with Crippen LogP contribution < -0.4 is 4.90 Å². The van der Waals surface area contributed by atoms with E-state index in [9.17, 15) is 0 Å². The summed E-state index contributed by atoms with van der Waals surface area (Å²) in [5.74, 6) is 0. The van der Waals surface area contributed by atoms with Crippen LogP contribution in [0.15, 0.2) is 182 Å². The fourth-order valence-electron chi connectivity index (χ4n) is 6.39. The molecular weight excluding hydrogens is 532 g/mol. The van der Waals surface area contributed by atoms with E-state index in [1.807, 2.05) is 0 Å². The first-order chi connectivity index (χ1) is 21.8. The van der Waals surface area contributed by atoms with E-state index in [1.165, 1.54) is 49.7 Å². The molecule has 0 unspecified atom stereocenters. The molecule has 208 valence electrons. The predicted molar refractivity (Wildman–Crippen MR) is 186 cm³/mol. The zero-order valence-corrected chi connectivity index (χ0v) is 24.2. The summed E-state index contributed by atoms with van der Waals surface area (Å²) in [5.41, 5.74) is 11.8. The van der Waals surface area contributed by atoms with Crippen molar-refractivity contribution in [1.82, 2.24) is 4.57 Å². The SMILES string of the molecule is c1ccc(N(c2ccccc2)c2cccc(-c3ccccc3-c3ccc4c5ccccc5n(-c5ccccc5)c4c3)c2)cc1. The molecule has 1 aromatic heterocycles. The first-order valence-corrected chi connectivity index (χ1v) is 15.0. The summed E-state index contributed by atoms with van der Waals surface area (Å²) < 4.78 is 2.38. The van der Waals surface area contributed by atoms with Crippen LogP contribution in [0, 0.1) is 0 Å². The minimum Gasteiger partial charge on any atom is -0.310 e. The van der Waals surface area contributed by atoms with Crippen LogP contribution in [0.3, 0.4) is 0 Å². The molecule has 0 radical (unpaired) electrons. The van der Waals surface area contributed by atoms with Gasteiger partial charge in [-0.2, -0.15) is 0 Å². The van der Waals surface area contributed by atoms with Gasteiger partial charge in [0.2, 0.25) is 0 Å². The van der Waals surface area contributed by atoms with Crippen molar-refractivity contribution >= 4 is 38.9 Å². The molecule has 0 saturated carbocycles. The van der Waals surface area contributed by atoms with E-state index in [2.05, 4.69) is 191 Å². The predicted octanol–water partition coefficient (Wildman–Crippen LogP) is 11.6. The van der Waals surface area contributed by atoms with Crippen LogP contribution in [0.25, 0.3) is 49.7 Å². The number of hydrogen-bond acceptors (Lipinski definition) is 1. The van der Waals surface area contributed by atoms with Crippen molar-refractivity contribution in [1.29, 1.82) is 0 Å². The molecule has 0 spiro atoms. The fourth-order valence-corrected chi connectivity index (χ4v) is 6.39. The van der Waals surface area contributed by atoms with Gasteiger partial charge in [0.1, 0.15) is 0 Å². The van der Waals surface area contributed by atoms with E-state index in [4.69, 9.17) is 0 Å². The molecule has 0 N–H and O–H groups in total. The van der Waals surface area contributed by atoms with Gasteiger partial charge in [0.15, 0.2) is 0 Å². The van der Waals surface area contributed by atoms with Crippen LogP contribution in [-0.4, -0.2) is 4.57 Å². The summed E-state index contributed by atoms with van der Waals surface area (Å²) in [7, 11) is 0. The van der Waals surface area contributed by atoms with E-state index in [1.54, 1.807) is 0 Å². The van der Waals surface area contributed by atoms with Gasteiger partial charge < -0.3 is 9.47 Å². The zero-order valence-electron chi connectivity index (χ0n) is 24.2. The number of para-hydroxylation sites is 4. The molecule has 0 aliphatic rings. The molecule has 0 aliphatic carbocycles. The molecule has 0 fully saturated rings. The van der Waals surface area contributed by atoms with Crippen LogP contribution in [0.2, 0.25) is 0 Å². The molecular formula is C42H30N2. The second-order valence-corrected chi connectivity index (χ2v) is 11.0. The highest BCUT2D eigenvalue weighted by Gasteiger charge is 2.16. The van der Waals surface area contributed by atoms with Crippen molar-refractivity contribution in [2.45, 2.75) is 0 Å². The Morgan fingerprint density at radius 2 is 0.864 bits per heavy atom. The number of aromatic nitrogens is 1. The molecule has 8 aromatic rings. The summed E-state index contributed by atoms with van der Waals surface area (Å²) in [5, 5.41) is 2.52. The number of nitrogens with zero attached hydrogens (tertiary/aromatic N) is 2. The standard InChI is InChI=1S/C42H30N2/c1-4-16-33(17-5-1)43(34-18-6-2-7-19-34)36-22-14-15-31(29-36)37-23-10-11-24-38(37)32-27-28-40-39-25-12-13-26-41(39)44(42(40)30-32)35-20-8-3-9-21-35/h1-30H. The van der Waals surface area contributed by atoms with Gasteiger partial charge in [0.25, 0.3) is 0 Å². The van der Waals surface area contributed by atoms with Crippen LogP contribution in [-0.2, 0) is 0 Å². The Bertz CT molecular complexity index is 2170. The van der Waals surface area contributed by atoms with Gasteiger partial charge in [-0.15, -0.1) is 0 Å². The third-order valence-corrected chi connectivity index (χ3v) is 8.37. The van der Waals surface area contributed by atoms with Gasteiger partial charge in [0.05, 0.1) is 11.0 Å². The summed E-state index contributed by atoms with van der Waals surface area (Å²) in [4.78, 5) is 2.32. The minimum absolute atomic E-state index is 1.12. The summed E-state index contributed by atoms with van der Waals surface area (Å²) >= 11 is 0. The quantitative estimate of drug-likeness (QED) is 0.196. The molecule has 44 heavy (non-hydrogen) atoms. The largest absolute Gasteiger partial charge is 0.310 e. The molecule has 0 amide bonds. The average molecular weight is 563 g/mol. The van der Waals surface area contributed by atoms with Crippen molar-refractivity contribution in [2.75, 3.05) is 4.90 Å². The highest BCUT2D eigenvalue weighted by Crippen LogP contribution is 2.40. The van der Waals surface area contributed by atoms with Gasteiger partial charge in [0, 0.05) is 33.5 Å². The van der Waals surface area contributed by atoms with E-state index < -0.39 is 0 Å². The van der Waals surface area contributed by atoms with E-state index in [0.717, 1.165) is 17.1 Å². The van der Waals surface area contributed by atoms with Crippen LogP contribution in [0.4, 0.5) is 17.1 Å². The first kappa shape index (κ1) is 25.8. The number of anilines is 3. The first-order valence-electron chi connectivity index (χ1n) is 15.0. The zero-order chi connectivity index (χ0) is 29.3. The summed E-state index contributed by atoms with van der Waals surface area (Å²) in [6.07, 6.45) is 0. The lowest BCUT2D eigenvalue weighted by Gasteiger charge is -2.26. The van der Waals surface area contributed by atoms with Gasteiger partial charge in [-0.25, -0.2) is 0 Å². The van der Waals surface area contributed by atoms with Gasteiger partial charge in [-0.1, -0.05) is 121 Å². The van der Waals surface area contributed by atoms with Crippen molar-refractivity contribution in [3.63, 3.8) is 0 Å². The summed E-state index contributed by atoms with van der Waals surface area (Å²) in [6.45, 7) is 0. The summed E-state index contributed by atoms with van der Waals surface area (Å²) in [6, 6.07) is 65.0. The monoisotopic (exact) mass is 562 g/mol. The number of rotatable bonds is 6. The van der Waals surface area contributed by atoms with E-state index in [0.29, 0.717) is 0 Å². The Balaban J connectivity index is 1.29. The third kappa shape index (κ3) is 4.54. The van der Waals surface area contributed by atoms with Crippen LogP contribution in [0.1, 0.15) is 0 Å².